The molecule has 0 unspecified atom stereocenters. The Morgan fingerprint density at radius 2 is 1.74 bits per heavy atom. The highest BCUT2D eigenvalue weighted by molar-refractivity contribution is 5.86. The fourth-order valence-corrected chi connectivity index (χ4v) is 2.69. The first-order valence-corrected chi connectivity index (χ1v) is 8.06. The number of hydrogen-bond donors (Lipinski definition) is 0. The molecule has 1 aromatic rings. The van der Waals surface area contributed by atoms with Crippen LogP contribution in [0.3, 0.4) is 0 Å². The molecule has 1 aliphatic rings. The Kier molecular flexibility index (Phi) is 5.97. The van der Waals surface area contributed by atoms with Gasteiger partial charge in [-0.1, -0.05) is 24.3 Å². The Morgan fingerprint density at radius 1 is 1.13 bits per heavy atom. The second kappa shape index (κ2) is 7.95. The number of benzene rings is 1. The van der Waals surface area contributed by atoms with E-state index in [0.29, 0.717) is 23.8 Å². The van der Waals surface area contributed by atoms with Gasteiger partial charge in [0.05, 0.1) is 12.5 Å². The lowest BCUT2D eigenvalue weighted by molar-refractivity contribution is -0.143. The molecule has 0 N–H and O–H groups in total. The number of ether oxygens (including phenoxy) is 2. The molecule has 4 heteroatoms. The maximum atomic E-state index is 12.2. The average Bonchev–Trinajstić information content (AvgIpc) is 2.55. The summed E-state index contributed by atoms with van der Waals surface area (Å²) in [5, 5.41) is 0. The number of hydrogen-bond acceptors (Lipinski definition) is 4. The van der Waals surface area contributed by atoms with E-state index in [-0.39, 0.29) is 17.9 Å². The van der Waals surface area contributed by atoms with Crippen LogP contribution in [0.15, 0.2) is 36.4 Å². The summed E-state index contributed by atoms with van der Waals surface area (Å²) in [4.78, 5) is 23.6. The minimum absolute atomic E-state index is 0.0654. The van der Waals surface area contributed by atoms with Crippen molar-refractivity contribution < 1.29 is 19.1 Å². The number of rotatable bonds is 5. The second-order valence-corrected chi connectivity index (χ2v) is 6.33. The topological polar surface area (TPSA) is 52.6 Å². The van der Waals surface area contributed by atoms with Gasteiger partial charge < -0.3 is 9.47 Å². The van der Waals surface area contributed by atoms with E-state index in [0.717, 1.165) is 31.2 Å². The van der Waals surface area contributed by atoms with Crippen LogP contribution in [-0.2, 0) is 14.3 Å². The summed E-state index contributed by atoms with van der Waals surface area (Å²) in [6.45, 7) is 7.60. The Labute approximate surface area is 137 Å². The Bertz CT molecular complexity index is 566. The van der Waals surface area contributed by atoms with Gasteiger partial charge in [0.25, 0.3) is 0 Å². The quantitative estimate of drug-likeness (QED) is 0.471. The molecule has 0 radical (unpaired) electrons. The van der Waals surface area contributed by atoms with Gasteiger partial charge in [0, 0.05) is 5.57 Å². The zero-order chi connectivity index (χ0) is 16.8. The van der Waals surface area contributed by atoms with E-state index in [1.54, 1.807) is 6.92 Å². The van der Waals surface area contributed by atoms with Crippen LogP contribution in [0.5, 0.6) is 5.75 Å². The molecule has 1 saturated carbocycles. The van der Waals surface area contributed by atoms with Crippen LogP contribution < -0.4 is 4.74 Å². The summed E-state index contributed by atoms with van der Waals surface area (Å²) in [6.07, 6.45) is 3.30. The zero-order valence-corrected chi connectivity index (χ0v) is 13.8. The standard InChI is InChI=1S/C19H24O4/c1-13(2)18(20)22-12-15-6-8-16(9-7-15)19(21)23-17-10-4-14(3)5-11-17/h4-5,10-11,15-16H,1,6-9,12H2,2-3H3. The minimum atomic E-state index is -0.342. The van der Waals surface area contributed by atoms with Crippen LogP contribution in [-0.4, -0.2) is 18.5 Å². The summed E-state index contributed by atoms with van der Waals surface area (Å²) >= 11 is 0. The molecule has 1 aromatic carbocycles. The Balaban J connectivity index is 1.75. The number of esters is 2. The first-order chi connectivity index (χ1) is 11.0. The summed E-state index contributed by atoms with van der Waals surface area (Å²) in [5.74, 6) is 0.348. The maximum absolute atomic E-state index is 12.2. The van der Waals surface area contributed by atoms with Gasteiger partial charge in [0.1, 0.15) is 5.75 Å². The molecule has 1 aliphatic carbocycles. The van der Waals surface area contributed by atoms with Gasteiger partial charge in [-0.3, -0.25) is 4.79 Å². The van der Waals surface area contributed by atoms with Gasteiger partial charge >= 0.3 is 11.9 Å². The van der Waals surface area contributed by atoms with Crippen molar-refractivity contribution in [2.45, 2.75) is 39.5 Å². The van der Waals surface area contributed by atoms with Crippen LogP contribution in [0.4, 0.5) is 0 Å². The Morgan fingerprint density at radius 3 is 2.30 bits per heavy atom. The van der Waals surface area contributed by atoms with Crippen LogP contribution in [0.1, 0.15) is 38.2 Å². The van der Waals surface area contributed by atoms with E-state index in [1.165, 1.54) is 0 Å². The molecule has 4 nitrogen and oxygen atoms in total. The third kappa shape index (κ3) is 5.23. The third-order valence-electron chi connectivity index (χ3n) is 4.22. The van der Waals surface area contributed by atoms with Gasteiger partial charge in [0.15, 0.2) is 0 Å². The SMILES string of the molecule is C=C(C)C(=O)OCC1CCC(C(=O)Oc2ccc(C)cc2)CC1. The lowest BCUT2D eigenvalue weighted by atomic mass is 9.82. The van der Waals surface area contributed by atoms with Gasteiger partial charge in [-0.15, -0.1) is 0 Å². The molecule has 0 amide bonds. The summed E-state index contributed by atoms with van der Waals surface area (Å²) in [5.41, 5.74) is 1.55. The first kappa shape index (κ1) is 17.3. The van der Waals surface area contributed by atoms with E-state index in [4.69, 9.17) is 9.47 Å². The molecule has 0 bridgehead atoms. The lowest BCUT2D eigenvalue weighted by Gasteiger charge is -2.26. The normalized spacial score (nSPS) is 20.6. The smallest absolute Gasteiger partial charge is 0.333 e. The summed E-state index contributed by atoms with van der Waals surface area (Å²) in [7, 11) is 0. The second-order valence-electron chi connectivity index (χ2n) is 6.33. The molecule has 0 aliphatic heterocycles. The van der Waals surface area contributed by atoms with Gasteiger partial charge in [0.2, 0.25) is 0 Å². The van der Waals surface area contributed by atoms with Crippen LogP contribution in [0.25, 0.3) is 0 Å². The molecule has 124 valence electrons. The molecule has 23 heavy (non-hydrogen) atoms. The molecular formula is C19H24O4. The fourth-order valence-electron chi connectivity index (χ4n) is 2.69. The highest BCUT2D eigenvalue weighted by Gasteiger charge is 2.28. The molecule has 0 heterocycles. The fraction of sp³-hybridized carbons (Fsp3) is 0.474. The van der Waals surface area contributed by atoms with E-state index < -0.39 is 0 Å². The van der Waals surface area contributed by atoms with E-state index in [2.05, 4.69) is 6.58 Å². The van der Waals surface area contributed by atoms with E-state index >= 15 is 0 Å². The highest BCUT2D eigenvalue weighted by atomic mass is 16.5. The zero-order valence-electron chi connectivity index (χ0n) is 13.8. The van der Waals surface area contributed by atoms with Crippen molar-refractivity contribution >= 4 is 11.9 Å². The third-order valence-corrected chi connectivity index (χ3v) is 4.22. The van der Waals surface area contributed by atoms with Gasteiger partial charge in [-0.25, -0.2) is 4.79 Å². The number of carbonyl (C=O) groups is 2. The van der Waals surface area contributed by atoms with Gasteiger partial charge in [-0.05, 0) is 57.6 Å². The molecule has 0 aromatic heterocycles. The van der Waals surface area contributed by atoms with Gasteiger partial charge in [-0.2, -0.15) is 0 Å². The summed E-state index contributed by atoms with van der Waals surface area (Å²) < 4.78 is 10.6. The lowest BCUT2D eigenvalue weighted by Crippen LogP contribution is -2.27. The predicted octanol–water partition coefficient (Wildman–Crippen LogP) is 3.83. The van der Waals surface area contributed by atoms with Crippen molar-refractivity contribution in [3.8, 4) is 5.75 Å². The monoisotopic (exact) mass is 316 g/mol. The first-order valence-electron chi connectivity index (χ1n) is 8.06. The molecule has 1 fully saturated rings. The molecular weight excluding hydrogens is 292 g/mol. The van der Waals surface area contributed by atoms with Crippen molar-refractivity contribution in [2.75, 3.05) is 6.61 Å². The Hall–Kier alpha value is -2.10. The largest absolute Gasteiger partial charge is 0.462 e. The molecule has 2 rings (SSSR count). The highest BCUT2D eigenvalue weighted by Crippen LogP contribution is 2.30. The van der Waals surface area contributed by atoms with E-state index in [1.807, 2.05) is 31.2 Å². The van der Waals surface area contributed by atoms with Crippen molar-refractivity contribution in [3.05, 3.63) is 42.0 Å². The molecule has 0 saturated heterocycles. The number of carbonyl (C=O) groups excluding carboxylic acids is 2. The van der Waals surface area contributed by atoms with Crippen LogP contribution >= 0.6 is 0 Å². The minimum Gasteiger partial charge on any atom is -0.462 e. The number of aryl methyl sites for hydroxylation is 1. The van der Waals surface area contributed by atoms with Crippen LogP contribution in [0, 0.1) is 18.8 Å². The van der Waals surface area contributed by atoms with E-state index in [9.17, 15) is 9.59 Å². The maximum Gasteiger partial charge on any atom is 0.333 e. The van der Waals surface area contributed by atoms with Crippen molar-refractivity contribution in [1.29, 1.82) is 0 Å². The molecule has 0 spiro atoms. The molecule has 0 atom stereocenters. The predicted molar refractivity (Wildman–Crippen MR) is 88.0 cm³/mol. The summed E-state index contributed by atoms with van der Waals surface area (Å²) in [6, 6.07) is 7.48. The average molecular weight is 316 g/mol. The van der Waals surface area contributed by atoms with Crippen molar-refractivity contribution in [1.82, 2.24) is 0 Å². The van der Waals surface area contributed by atoms with Crippen molar-refractivity contribution in [3.63, 3.8) is 0 Å². The van der Waals surface area contributed by atoms with Crippen molar-refractivity contribution in [2.24, 2.45) is 11.8 Å². The van der Waals surface area contributed by atoms with Crippen LogP contribution in [0.2, 0.25) is 0 Å².